The largest absolute Gasteiger partial charge is 0.329 e. The van der Waals surface area contributed by atoms with Crippen LogP contribution in [0.1, 0.15) is 51.9 Å². The highest BCUT2D eigenvalue weighted by Crippen LogP contribution is 2.41. The van der Waals surface area contributed by atoms with Crippen LogP contribution in [-0.4, -0.2) is 54.1 Å². The van der Waals surface area contributed by atoms with Gasteiger partial charge >= 0.3 is 0 Å². The maximum absolute atomic E-state index is 6.32. The van der Waals surface area contributed by atoms with Crippen molar-refractivity contribution in [2.75, 3.05) is 32.7 Å². The molecule has 3 atom stereocenters. The van der Waals surface area contributed by atoms with E-state index in [1.807, 2.05) is 0 Å². The van der Waals surface area contributed by atoms with Gasteiger partial charge in [0.25, 0.3) is 0 Å². The fourth-order valence-electron chi connectivity index (χ4n) is 5.09. The van der Waals surface area contributed by atoms with E-state index in [4.69, 9.17) is 5.73 Å². The highest BCUT2D eigenvalue weighted by atomic mass is 15.3. The topological polar surface area (TPSA) is 32.5 Å². The average molecular weight is 265 g/mol. The normalized spacial score (nSPS) is 41.4. The van der Waals surface area contributed by atoms with Crippen LogP contribution in [0, 0.1) is 5.92 Å². The van der Waals surface area contributed by atoms with Crippen molar-refractivity contribution in [1.82, 2.24) is 9.80 Å². The predicted molar refractivity (Wildman–Crippen MR) is 80.2 cm³/mol. The number of fused-ring (bicyclic) bond motifs is 1. The van der Waals surface area contributed by atoms with Crippen molar-refractivity contribution >= 4 is 0 Å². The fraction of sp³-hybridized carbons (Fsp3) is 1.00. The monoisotopic (exact) mass is 265 g/mol. The zero-order valence-corrected chi connectivity index (χ0v) is 12.6. The first-order chi connectivity index (χ1) is 9.30. The summed E-state index contributed by atoms with van der Waals surface area (Å²) in [4.78, 5) is 5.53. The molecule has 3 heteroatoms. The molecule has 3 unspecified atom stereocenters. The summed E-state index contributed by atoms with van der Waals surface area (Å²) in [5.74, 6) is 0.833. The molecular weight excluding hydrogens is 234 g/mol. The van der Waals surface area contributed by atoms with Crippen LogP contribution in [0.25, 0.3) is 0 Å². The Hall–Kier alpha value is -0.120. The molecule has 2 heterocycles. The molecule has 2 N–H and O–H groups in total. The van der Waals surface area contributed by atoms with Crippen LogP contribution in [0.3, 0.4) is 0 Å². The third kappa shape index (κ3) is 2.34. The quantitative estimate of drug-likeness (QED) is 0.848. The van der Waals surface area contributed by atoms with E-state index < -0.39 is 0 Å². The second-order valence-corrected chi connectivity index (χ2v) is 6.94. The molecule has 3 aliphatic rings. The smallest absolute Gasteiger partial charge is 0.0360 e. The molecule has 0 spiro atoms. The van der Waals surface area contributed by atoms with Gasteiger partial charge in [0, 0.05) is 37.8 Å². The van der Waals surface area contributed by atoms with Crippen LogP contribution >= 0.6 is 0 Å². The lowest BCUT2D eigenvalue weighted by Crippen LogP contribution is -2.65. The van der Waals surface area contributed by atoms with Crippen molar-refractivity contribution < 1.29 is 0 Å². The molecule has 0 bridgehead atoms. The standard InChI is InChI=1S/C16H31N3/c1-2-14-6-3-4-8-16(14,13-17)19-11-10-18-9-5-7-15(18)12-19/h14-15H,2-13,17H2,1H3. The first-order valence-corrected chi connectivity index (χ1v) is 8.49. The Bertz CT molecular complexity index is 306. The van der Waals surface area contributed by atoms with Gasteiger partial charge in [-0.15, -0.1) is 0 Å². The van der Waals surface area contributed by atoms with E-state index in [1.54, 1.807) is 0 Å². The molecule has 2 saturated heterocycles. The minimum Gasteiger partial charge on any atom is -0.329 e. The van der Waals surface area contributed by atoms with Gasteiger partial charge in [-0.1, -0.05) is 26.2 Å². The van der Waals surface area contributed by atoms with Crippen LogP contribution in [0.15, 0.2) is 0 Å². The van der Waals surface area contributed by atoms with Crippen molar-refractivity contribution in [1.29, 1.82) is 0 Å². The van der Waals surface area contributed by atoms with Gasteiger partial charge < -0.3 is 5.73 Å². The molecule has 1 aliphatic carbocycles. The Labute approximate surface area is 118 Å². The van der Waals surface area contributed by atoms with Crippen molar-refractivity contribution in [2.24, 2.45) is 11.7 Å². The van der Waals surface area contributed by atoms with Gasteiger partial charge in [-0.25, -0.2) is 0 Å². The maximum atomic E-state index is 6.32. The first kappa shape index (κ1) is 13.8. The summed E-state index contributed by atoms with van der Waals surface area (Å²) in [6.45, 7) is 8.40. The maximum Gasteiger partial charge on any atom is 0.0360 e. The third-order valence-electron chi connectivity index (χ3n) is 6.24. The third-order valence-corrected chi connectivity index (χ3v) is 6.24. The zero-order valence-electron chi connectivity index (χ0n) is 12.6. The van der Waals surface area contributed by atoms with E-state index in [0.717, 1.165) is 18.5 Å². The predicted octanol–water partition coefficient (Wildman–Crippen LogP) is 2.06. The summed E-state index contributed by atoms with van der Waals surface area (Å²) in [5, 5.41) is 0. The average Bonchev–Trinajstić information content (AvgIpc) is 2.94. The van der Waals surface area contributed by atoms with Gasteiger partial charge in [-0.3, -0.25) is 9.80 Å². The van der Waals surface area contributed by atoms with Crippen molar-refractivity contribution in [3.8, 4) is 0 Å². The lowest BCUT2D eigenvalue weighted by atomic mass is 9.70. The highest BCUT2D eigenvalue weighted by molar-refractivity contribution is 5.03. The number of piperazine rings is 1. The molecule has 0 amide bonds. The van der Waals surface area contributed by atoms with Gasteiger partial charge in [0.1, 0.15) is 0 Å². The van der Waals surface area contributed by atoms with Crippen molar-refractivity contribution in [3.63, 3.8) is 0 Å². The summed E-state index contributed by atoms with van der Waals surface area (Å²) < 4.78 is 0. The van der Waals surface area contributed by atoms with Gasteiger partial charge in [0.2, 0.25) is 0 Å². The molecule has 3 fully saturated rings. The molecule has 3 rings (SSSR count). The summed E-state index contributed by atoms with van der Waals surface area (Å²) in [5.41, 5.74) is 6.65. The van der Waals surface area contributed by atoms with E-state index in [-0.39, 0.29) is 0 Å². The lowest BCUT2D eigenvalue weighted by molar-refractivity contribution is -0.0374. The SMILES string of the molecule is CCC1CCCCC1(CN)N1CCN2CCCC2C1. The van der Waals surface area contributed by atoms with Gasteiger partial charge in [0.05, 0.1) is 0 Å². The van der Waals surface area contributed by atoms with Crippen LogP contribution in [0.2, 0.25) is 0 Å². The Morgan fingerprint density at radius 2 is 2.00 bits per heavy atom. The van der Waals surface area contributed by atoms with E-state index in [1.165, 1.54) is 71.1 Å². The number of nitrogens with zero attached hydrogens (tertiary/aromatic N) is 2. The van der Waals surface area contributed by atoms with Gasteiger partial charge in [-0.05, 0) is 38.1 Å². The highest BCUT2D eigenvalue weighted by Gasteiger charge is 2.46. The zero-order chi connectivity index (χ0) is 13.3. The van der Waals surface area contributed by atoms with E-state index in [0.29, 0.717) is 5.54 Å². The molecule has 0 aromatic heterocycles. The molecule has 2 aliphatic heterocycles. The van der Waals surface area contributed by atoms with Crippen LogP contribution in [0.5, 0.6) is 0 Å². The summed E-state index contributed by atoms with van der Waals surface area (Å²) in [7, 11) is 0. The van der Waals surface area contributed by atoms with E-state index >= 15 is 0 Å². The lowest BCUT2D eigenvalue weighted by Gasteiger charge is -2.54. The van der Waals surface area contributed by atoms with Crippen LogP contribution in [-0.2, 0) is 0 Å². The summed E-state index contributed by atoms with van der Waals surface area (Å²) in [6, 6.07) is 0.830. The Balaban J connectivity index is 1.76. The molecule has 0 radical (unpaired) electrons. The Morgan fingerprint density at radius 3 is 2.79 bits per heavy atom. The molecular formula is C16H31N3. The molecule has 0 aromatic carbocycles. The number of rotatable bonds is 3. The van der Waals surface area contributed by atoms with E-state index in [9.17, 15) is 0 Å². The second kappa shape index (κ2) is 5.71. The molecule has 19 heavy (non-hydrogen) atoms. The minimum absolute atomic E-state index is 0.335. The Morgan fingerprint density at radius 1 is 1.11 bits per heavy atom. The van der Waals surface area contributed by atoms with Crippen molar-refractivity contribution in [3.05, 3.63) is 0 Å². The number of hydrogen-bond acceptors (Lipinski definition) is 3. The first-order valence-electron chi connectivity index (χ1n) is 8.49. The summed E-state index contributed by atoms with van der Waals surface area (Å²) >= 11 is 0. The molecule has 110 valence electrons. The van der Waals surface area contributed by atoms with Crippen molar-refractivity contribution in [2.45, 2.75) is 63.5 Å². The number of nitrogens with two attached hydrogens (primary N) is 1. The van der Waals surface area contributed by atoms with Crippen LogP contribution < -0.4 is 5.73 Å². The van der Waals surface area contributed by atoms with Crippen LogP contribution in [0.4, 0.5) is 0 Å². The molecule has 1 saturated carbocycles. The summed E-state index contributed by atoms with van der Waals surface area (Å²) in [6.07, 6.45) is 9.68. The molecule has 3 nitrogen and oxygen atoms in total. The Kier molecular flexibility index (Phi) is 4.16. The number of hydrogen-bond donors (Lipinski definition) is 1. The molecule has 0 aromatic rings. The fourth-order valence-corrected chi connectivity index (χ4v) is 5.09. The minimum atomic E-state index is 0.335. The second-order valence-electron chi connectivity index (χ2n) is 6.94. The van der Waals surface area contributed by atoms with Gasteiger partial charge in [-0.2, -0.15) is 0 Å². The van der Waals surface area contributed by atoms with Gasteiger partial charge in [0.15, 0.2) is 0 Å². The van der Waals surface area contributed by atoms with E-state index in [2.05, 4.69) is 16.7 Å².